The third-order valence-corrected chi connectivity index (χ3v) is 2.18. The molecule has 0 bridgehead atoms. The van der Waals surface area contributed by atoms with Crippen LogP contribution in [0.3, 0.4) is 0 Å². The van der Waals surface area contributed by atoms with E-state index < -0.39 is 10.7 Å². The van der Waals surface area contributed by atoms with Crippen LogP contribution >= 0.6 is 0 Å². The Kier molecular flexibility index (Phi) is 5.06. The van der Waals surface area contributed by atoms with E-state index in [0.717, 1.165) is 6.07 Å². The molecule has 0 aliphatic rings. The number of ether oxygens (including phenoxy) is 1. The maximum absolute atomic E-state index is 13.3. The first-order valence-electron chi connectivity index (χ1n) is 5.21. The van der Waals surface area contributed by atoms with Gasteiger partial charge in [-0.2, -0.15) is 0 Å². The average molecular weight is 255 g/mol. The molecule has 0 aliphatic heterocycles. The van der Waals surface area contributed by atoms with Gasteiger partial charge in [-0.05, 0) is 0 Å². The molecule has 0 fully saturated rings. The van der Waals surface area contributed by atoms with Crippen LogP contribution in [0.25, 0.3) is 0 Å². The topological polar surface area (TPSA) is 90.4 Å². The summed E-state index contributed by atoms with van der Waals surface area (Å²) in [5.74, 6) is -0.821. The van der Waals surface area contributed by atoms with Gasteiger partial charge in [-0.25, -0.2) is 4.39 Å². The molecular formula is C11H14FN3O3. The van der Waals surface area contributed by atoms with Crippen molar-refractivity contribution >= 4 is 11.4 Å². The molecule has 1 rings (SSSR count). The molecule has 7 heteroatoms. The summed E-state index contributed by atoms with van der Waals surface area (Å²) in [4.78, 5) is 10.1. The zero-order chi connectivity index (χ0) is 13.5. The Labute approximate surface area is 103 Å². The normalized spacial score (nSPS) is 10.6. The zero-order valence-electron chi connectivity index (χ0n) is 9.85. The van der Waals surface area contributed by atoms with Gasteiger partial charge >= 0.3 is 0 Å². The summed E-state index contributed by atoms with van der Waals surface area (Å²) in [6.45, 7) is 0.739. The van der Waals surface area contributed by atoms with E-state index in [2.05, 4.69) is 5.32 Å². The fourth-order valence-corrected chi connectivity index (χ4v) is 1.34. The van der Waals surface area contributed by atoms with Crippen molar-refractivity contribution in [3.63, 3.8) is 0 Å². The molecule has 98 valence electrons. The Bertz CT molecular complexity index is 463. The largest absolute Gasteiger partial charge is 0.494 e. The molecule has 0 aromatic heterocycles. The smallest absolute Gasteiger partial charge is 0.295 e. The standard InChI is InChI=1S/C11H14FN3O3/c1-18-11-7-9(14-5-3-2-4-13)10(15(16)17)6-8(11)12/h2-3,6-7,14H,4-5,13H2,1H3/b3-2+. The van der Waals surface area contributed by atoms with E-state index in [9.17, 15) is 14.5 Å². The van der Waals surface area contributed by atoms with Gasteiger partial charge in [-0.3, -0.25) is 10.1 Å². The van der Waals surface area contributed by atoms with Gasteiger partial charge in [0.15, 0.2) is 11.6 Å². The van der Waals surface area contributed by atoms with Crippen LogP contribution in [0.5, 0.6) is 5.75 Å². The number of anilines is 1. The van der Waals surface area contributed by atoms with Crippen molar-refractivity contribution in [1.82, 2.24) is 0 Å². The predicted molar refractivity (Wildman–Crippen MR) is 66.3 cm³/mol. The van der Waals surface area contributed by atoms with E-state index >= 15 is 0 Å². The van der Waals surface area contributed by atoms with Crippen LogP contribution in [0.15, 0.2) is 24.3 Å². The quantitative estimate of drug-likeness (QED) is 0.458. The molecule has 0 heterocycles. The SMILES string of the molecule is COc1cc(NC/C=C/CN)c([N+](=O)[O-])cc1F. The summed E-state index contributed by atoms with van der Waals surface area (Å²) in [5, 5.41) is 13.6. The predicted octanol–water partition coefficient (Wildman–Crippen LogP) is 1.67. The van der Waals surface area contributed by atoms with Gasteiger partial charge in [0, 0.05) is 19.2 Å². The van der Waals surface area contributed by atoms with Crippen LogP contribution < -0.4 is 15.8 Å². The highest BCUT2D eigenvalue weighted by atomic mass is 19.1. The van der Waals surface area contributed by atoms with Crippen molar-refractivity contribution < 1.29 is 14.1 Å². The molecule has 0 spiro atoms. The van der Waals surface area contributed by atoms with Gasteiger partial charge in [0.1, 0.15) is 5.69 Å². The molecule has 0 radical (unpaired) electrons. The lowest BCUT2D eigenvalue weighted by Crippen LogP contribution is -2.04. The highest BCUT2D eigenvalue weighted by Crippen LogP contribution is 2.31. The van der Waals surface area contributed by atoms with Gasteiger partial charge in [0.05, 0.1) is 18.1 Å². The first kappa shape index (κ1) is 13.9. The highest BCUT2D eigenvalue weighted by molar-refractivity contribution is 5.64. The van der Waals surface area contributed by atoms with Crippen LogP contribution in [0.2, 0.25) is 0 Å². The van der Waals surface area contributed by atoms with E-state index in [-0.39, 0.29) is 17.1 Å². The number of hydrogen-bond acceptors (Lipinski definition) is 5. The van der Waals surface area contributed by atoms with Crippen molar-refractivity contribution in [2.24, 2.45) is 5.73 Å². The zero-order valence-corrected chi connectivity index (χ0v) is 9.85. The van der Waals surface area contributed by atoms with Crippen LogP contribution in [-0.4, -0.2) is 25.1 Å². The second kappa shape index (κ2) is 6.55. The molecule has 1 aromatic carbocycles. The minimum atomic E-state index is -0.771. The monoisotopic (exact) mass is 255 g/mol. The molecule has 0 aliphatic carbocycles. The molecule has 6 nitrogen and oxygen atoms in total. The molecule has 18 heavy (non-hydrogen) atoms. The molecular weight excluding hydrogens is 241 g/mol. The van der Waals surface area contributed by atoms with E-state index in [1.54, 1.807) is 12.2 Å². The van der Waals surface area contributed by atoms with Crippen molar-refractivity contribution in [2.75, 3.05) is 25.5 Å². The van der Waals surface area contributed by atoms with Gasteiger partial charge in [-0.1, -0.05) is 12.2 Å². The fourth-order valence-electron chi connectivity index (χ4n) is 1.34. The average Bonchev–Trinajstić information content (AvgIpc) is 2.35. The second-order valence-electron chi connectivity index (χ2n) is 3.35. The first-order chi connectivity index (χ1) is 8.60. The number of halogens is 1. The molecule has 0 atom stereocenters. The van der Waals surface area contributed by atoms with Crippen LogP contribution in [-0.2, 0) is 0 Å². The second-order valence-corrected chi connectivity index (χ2v) is 3.35. The summed E-state index contributed by atoms with van der Waals surface area (Å²) >= 11 is 0. The van der Waals surface area contributed by atoms with Crippen LogP contribution in [0.4, 0.5) is 15.8 Å². The third-order valence-electron chi connectivity index (χ3n) is 2.18. The minimum Gasteiger partial charge on any atom is -0.494 e. The Morgan fingerprint density at radius 1 is 1.56 bits per heavy atom. The fraction of sp³-hybridized carbons (Fsp3) is 0.273. The van der Waals surface area contributed by atoms with Crippen molar-refractivity contribution in [3.05, 3.63) is 40.2 Å². The summed E-state index contributed by atoms with van der Waals surface area (Å²) < 4.78 is 18.1. The lowest BCUT2D eigenvalue weighted by Gasteiger charge is -2.08. The minimum absolute atomic E-state index is 0.0501. The van der Waals surface area contributed by atoms with E-state index in [0.29, 0.717) is 13.1 Å². The summed E-state index contributed by atoms with van der Waals surface area (Å²) in [5.41, 5.74) is 5.12. The molecule has 0 saturated carbocycles. The number of nitrogens with two attached hydrogens (primary N) is 1. The Morgan fingerprint density at radius 2 is 2.28 bits per heavy atom. The number of rotatable bonds is 6. The number of nitrogens with one attached hydrogen (secondary N) is 1. The third kappa shape index (κ3) is 3.42. The molecule has 3 N–H and O–H groups in total. The van der Waals surface area contributed by atoms with Crippen molar-refractivity contribution in [1.29, 1.82) is 0 Å². The number of hydrogen-bond donors (Lipinski definition) is 2. The van der Waals surface area contributed by atoms with Gasteiger partial charge < -0.3 is 15.8 Å². The number of benzene rings is 1. The van der Waals surface area contributed by atoms with E-state index in [1.165, 1.54) is 13.2 Å². The molecule has 1 aromatic rings. The maximum atomic E-state index is 13.3. The summed E-state index contributed by atoms with van der Waals surface area (Å²) in [7, 11) is 1.29. The van der Waals surface area contributed by atoms with Crippen molar-refractivity contribution in [3.8, 4) is 5.75 Å². The maximum Gasteiger partial charge on any atom is 0.295 e. The van der Waals surface area contributed by atoms with Gasteiger partial charge in [0.2, 0.25) is 0 Å². The molecule has 0 amide bonds. The Balaban J connectivity index is 2.99. The molecule has 0 saturated heterocycles. The van der Waals surface area contributed by atoms with Gasteiger partial charge in [0.25, 0.3) is 5.69 Å². The summed E-state index contributed by atoms with van der Waals surface area (Å²) in [6.07, 6.45) is 3.43. The number of nitrogens with zero attached hydrogens (tertiary/aromatic N) is 1. The number of methoxy groups -OCH3 is 1. The number of nitro benzene ring substituents is 1. The van der Waals surface area contributed by atoms with E-state index in [4.69, 9.17) is 10.5 Å². The Hall–Kier alpha value is -2.15. The molecule has 0 unspecified atom stereocenters. The highest BCUT2D eigenvalue weighted by Gasteiger charge is 2.18. The van der Waals surface area contributed by atoms with E-state index in [1.807, 2.05) is 0 Å². The van der Waals surface area contributed by atoms with Crippen molar-refractivity contribution in [2.45, 2.75) is 0 Å². The van der Waals surface area contributed by atoms with Gasteiger partial charge in [-0.15, -0.1) is 0 Å². The van der Waals surface area contributed by atoms with Crippen LogP contribution in [0, 0.1) is 15.9 Å². The summed E-state index contributed by atoms with van der Waals surface area (Å²) in [6, 6.07) is 2.08. The number of nitro groups is 1. The lowest BCUT2D eigenvalue weighted by molar-refractivity contribution is -0.384. The lowest BCUT2D eigenvalue weighted by atomic mass is 10.2. The Morgan fingerprint density at radius 3 is 2.83 bits per heavy atom. The first-order valence-corrected chi connectivity index (χ1v) is 5.21. The van der Waals surface area contributed by atoms with Crippen LogP contribution in [0.1, 0.15) is 0 Å².